The molecule has 2 N–H and O–H groups in total. The molecule has 0 radical (unpaired) electrons. The highest BCUT2D eigenvalue weighted by molar-refractivity contribution is 5.81. The molecule has 1 aliphatic carbocycles. The third-order valence-electron chi connectivity index (χ3n) is 3.33. The predicted octanol–water partition coefficient (Wildman–Crippen LogP) is 2.07. The molecule has 1 fully saturated rings. The van der Waals surface area contributed by atoms with Crippen LogP contribution in [0.15, 0.2) is 0 Å². The number of amides is 1. The van der Waals surface area contributed by atoms with Crippen LogP contribution in [0.3, 0.4) is 0 Å². The predicted molar refractivity (Wildman–Crippen MR) is 67.3 cm³/mol. The molecule has 1 amide bonds. The molecule has 0 spiro atoms. The van der Waals surface area contributed by atoms with E-state index in [9.17, 15) is 4.79 Å². The molecule has 1 unspecified atom stereocenters. The van der Waals surface area contributed by atoms with Gasteiger partial charge in [0.05, 0.1) is 6.04 Å². The highest BCUT2D eigenvalue weighted by Gasteiger charge is 2.27. The molecule has 0 aromatic rings. The molecule has 16 heavy (non-hydrogen) atoms. The Morgan fingerprint density at radius 3 is 2.62 bits per heavy atom. The van der Waals surface area contributed by atoms with Gasteiger partial charge in [0, 0.05) is 12.6 Å². The minimum atomic E-state index is -0.0425. The van der Waals surface area contributed by atoms with Crippen LogP contribution >= 0.6 is 0 Å². The molecular formula is C13H26N2O. The van der Waals surface area contributed by atoms with Crippen molar-refractivity contribution in [2.24, 2.45) is 5.92 Å². The smallest absolute Gasteiger partial charge is 0.236 e. The van der Waals surface area contributed by atoms with Crippen LogP contribution in [-0.2, 0) is 4.79 Å². The summed E-state index contributed by atoms with van der Waals surface area (Å²) in [6.45, 7) is 7.20. The molecule has 0 aliphatic heterocycles. The van der Waals surface area contributed by atoms with Gasteiger partial charge in [0.2, 0.25) is 5.91 Å². The van der Waals surface area contributed by atoms with Crippen molar-refractivity contribution in [2.75, 3.05) is 6.54 Å². The summed E-state index contributed by atoms with van der Waals surface area (Å²) in [5.74, 6) is 0.980. The summed E-state index contributed by atoms with van der Waals surface area (Å²) in [6, 6.07) is 0.519. The van der Waals surface area contributed by atoms with Gasteiger partial charge in [-0.2, -0.15) is 0 Å². The first-order valence-electron chi connectivity index (χ1n) is 6.67. The summed E-state index contributed by atoms with van der Waals surface area (Å²) in [6.07, 6.45) is 5.92. The Morgan fingerprint density at radius 2 is 2.06 bits per heavy atom. The van der Waals surface area contributed by atoms with E-state index in [-0.39, 0.29) is 11.9 Å². The van der Waals surface area contributed by atoms with Gasteiger partial charge < -0.3 is 10.6 Å². The molecule has 0 heterocycles. The summed E-state index contributed by atoms with van der Waals surface area (Å²) in [5, 5.41) is 6.36. The number of carbonyl (C=O) groups excluding carboxylic acids is 1. The number of nitrogens with one attached hydrogen (secondary N) is 2. The Bertz CT molecular complexity index is 212. The third kappa shape index (κ3) is 4.52. The Kier molecular flexibility index (Phi) is 5.81. The van der Waals surface area contributed by atoms with Gasteiger partial charge in [-0.05, 0) is 32.1 Å². The van der Waals surface area contributed by atoms with Crippen LogP contribution in [0, 0.1) is 5.92 Å². The van der Waals surface area contributed by atoms with Gasteiger partial charge in [-0.15, -0.1) is 0 Å². The number of hydrogen-bond acceptors (Lipinski definition) is 2. The summed E-state index contributed by atoms with van der Waals surface area (Å²) < 4.78 is 0. The molecule has 1 saturated carbocycles. The lowest BCUT2D eigenvalue weighted by Crippen LogP contribution is -2.50. The van der Waals surface area contributed by atoms with E-state index in [1.807, 2.05) is 6.92 Å². The Hall–Kier alpha value is -0.570. The van der Waals surface area contributed by atoms with Crippen molar-refractivity contribution in [3.63, 3.8) is 0 Å². The second-order valence-electron chi connectivity index (χ2n) is 5.16. The van der Waals surface area contributed by atoms with Crippen LogP contribution in [0.1, 0.15) is 52.9 Å². The molecule has 1 rings (SSSR count). The Balaban J connectivity index is 2.06. The van der Waals surface area contributed by atoms with E-state index >= 15 is 0 Å². The largest absolute Gasteiger partial charge is 0.355 e. The van der Waals surface area contributed by atoms with Gasteiger partial charge in [0.15, 0.2) is 0 Å². The highest BCUT2D eigenvalue weighted by atomic mass is 16.2. The molecular weight excluding hydrogens is 200 g/mol. The normalized spacial score (nSPS) is 25.9. The molecule has 1 atom stereocenters. The van der Waals surface area contributed by atoms with Gasteiger partial charge in [-0.1, -0.05) is 26.7 Å². The maximum atomic E-state index is 11.7. The lowest BCUT2D eigenvalue weighted by molar-refractivity contribution is -0.123. The van der Waals surface area contributed by atoms with E-state index in [2.05, 4.69) is 24.5 Å². The first kappa shape index (κ1) is 13.5. The van der Waals surface area contributed by atoms with Crippen LogP contribution < -0.4 is 10.6 Å². The third-order valence-corrected chi connectivity index (χ3v) is 3.33. The van der Waals surface area contributed by atoms with E-state index < -0.39 is 0 Å². The van der Waals surface area contributed by atoms with Crippen LogP contribution in [0.4, 0.5) is 0 Å². The SMILES string of the molecule is CCCCCNC(=O)C(C)NC1CC(C)C1. The van der Waals surface area contributed by atoms with Crippen molar-refractivity contribution in [2.45, 2.75) is 65.0 Å². The minimum absolute atomic E-state index is 0.0425. The van der Waals surface area contributed by atoms with Gasteiger partial charge in [0.1, 0.15) is 0 Å². The number of rotatable bonds is 7. The fourth-order valence-corrected chi connectivity index (χ4v) is 2.21. The topological polar surface area (TPSA) is 41.1 Å². The van der Waals surface area contributed by atoms with Crippen LogP contribution in [-0.4, -0.2) is 24.5 Å². The second-order valence-corrected chi connectivity index (χ2v) is 5.16. The van der Waals surface area contributed by atoms with Gasteiger partial charge in [0.25, 0.3) is 0 Å². The highest BCUT2D eigenvalue weighted by Crippen LogP contribution is 2.26. The van der Waals surface area contributed by atoms with Crippen molar-refractivity contribution in [1.29, 1.82) is 0 Å². The van der Waals surface area contributed by atoms with Gasteiger partial charge >= 0.3 is 0 Å². The maximum absolute atomic E-state index is 11.7. The molecule has 0 aromatic carbocycles. The number of carbonyl (C=O) groups is 1. The van der Waals surface area contributed by atoms with Crippen molar-refractivity contribution in [3.05, 3.63) is 0 Å². The summed E-state index contributed by atoms with van der Waals surface area (Å²) >= 11 is 0. The van der Waals surface area contributed by atoms with E-state index in [4.69, 9.17) is 0 Å². The quantitative estimate of drug-likeness (QED) is 0.653. The van der Waals surface area contributed by atoms with E-state index in [1.54, 1.807) is 0 Å². The van der Waals surface area contributed by atoms with E-state index in [1.165, 1.54) is 25.7 Å². The second kappa shape index (κ2) is 6.89. The average molecular weight is 226 g/mol. The lowest BCUT2D eigenvalue weighted by atomic mass is 9.81. The van der Waals surface area contributed by atoms with Crippen LogP contribution in [0.25, 0.3) is 0 Å². The molecule has 0 bridgehead atoms. The van der Waals surface area contributed by atoms with E-state index in [0.29, 0.717) is 6.04 Å². The Morgan fingerprint density at radius 1 is 1.38 bits per heavy atom. The lowest BCUT2D eigenvalue weighted by Gasteiger charge is -2.35. The first-order chi connectivity index (χ1) is 7.63. The molecule has 94 valence electrons. The van der Waals surface area contributed by atoms with Crippen LogP contribution in [0.5, 0.6) is 0 Å². The monoisotopic (exact) mass is 226 g/mol. The molecule has 3 heteroatoms. The summed E-state index contributed by atoms with van der Waals surface area (Å²) in [7, 11) is 0. The minimum Gasteiger partial charge on any atom is -0.355 e. The molecule has 0 saturated heterocycles. The summed E-state index contributed by atoms with van der Waals surface area (Å²) in [5.41, 5.74) is 0. The fraction of sp³-hybridized carbons (Fsp3) is 0.923. The van der Waals surface area contributed by atoms with Crippen molar-refractivity contribution in [1.82, 2.24) is 10.6 Å². The standard InChI is InChI=1S/C13H26N2O/c1-4-5-6-7-14-13(16)11(3)15-12-8-10(2)9-12/h10-12,15H,4-9H2,1-3H3,(H,14,16). The summed E-state index contributed by atoms with van der Waals surface area (Å²) in [4.78, 5) is 11.7. The van der Waals surface area contributed by atoms with Crippen LogP contribution in [0.2, 0.25) is 0 Å². The number of unbranched alkanes of at least 4 members (excludes halogenated alkanes) is 2. The molecule has 0 aromatic heterocycles. The van der Waals surface area contributed by atoms with Gasteiger partial charge in [-0.25, -0.2) is 0 Å². The van der Waals surface area contributed by atoms with Crippen molar-refractivity contribution in [3.8, 4) is 0 Å². The zero-order valence-corrected chi connectivity index (χ0v) is 10.9. The van der Waals surface area contributed by atoms with E-state index in [0.717, 1.165) is 18.9 Å². The van der Waals surface area contributed by atoms with Crippen molar-refractivity contribution >= 4 is 5.91 Å². The molecule has 3 nitrogen and oxygen atoms in total. The fourth-order valence-electron chi connectivity index (χ4n) is 2.21. The Labute approximate surface area is 99.4 Å². The zero-order chi connectivity index (χ0) is 12.0. The average Bonchev–Trinajstić information content (AvgIpc) is 2.21. The maximum Gasteiger partial charge on any atom is 0.236 e. The van der Waals surface area contributed by atoms with Crippen molar-refractivity contribution < 1.29 is 4.79 Å². The zero-order valence-electron chi connectivity index (χ0n) is 10.9. The van der Waals surface area contributed by atoms with Gasteiger partial charge in [-0.3, -0.25) is 4.79 Å². The number of hydrogen-bond donors (Lipinski definition) is 2. The molecule has 1 aliphatic rings. The first-order valence-corrected chi connectivity index (χ1v) is 6.67.